The molecule has 0 aromatic carbocycles. The third kappa shape index (κ3) is 3.55. The molecule has 0 aliphatic heterocycles. The summed E-state index contributed by atoms with van der Waals surface area (Å²) in [7, 11) is 7.44. The van der Waals surface area contributed by atoms with Crippen molar-refractivity contribution >= 4 is 30.7 Å². The van der Waals surface area contributed by atoms with Crippen molar-refractivity contribution in [1.82, 2.24) is 9.61 Å². The van der Waals surface area contributed by atoms with Gasteiger partial charge in [-0.2, -0.15) is 5.10 Å². The molecule has 1 N–H and O–H groups in total. The van der Waals surface area contributed by atoms with Crippen molar-refractivity contribution in [1.29, 1.82) is 0 Å². The predicted octanol–water partition coefficient (Wildman–Crippen LogP) is 1.62. The lowest BCUT2D eigenvalue weighted by molar-refractivity contribution is 0.0635. The minimum absolute atomic E-state index is 0.256. The second-order valence-electron chi connectivity index (χ2n) is 5.63. The molecule has 0 saturated carbocycles. The third-order valence-electron chi connectivity index (χ3n) is 2.67. The molecule has 6 nitrogen and oxygen atoms in total. The highest BCUT2D eigenvalue weighted by Crippen LogP contribution is 2.23. The number of amides is 1. The van der Waals surface area contributed by atoms with Crippen LogP contribution in [-0.4, -0.2) is 36.3 Å². The molecule has 0 bridgehead atoms. The number of ether oxygens (including phenoxy) is 2. The second kappa shape index (κ2) is 5.77. The monoisotopic (exact) mass is 287 g/mol. The molecule has 2 aromatic heterocycles. The highest BCUT2D eigenvalue weighted by molar-refractivity contribution is 6.31. The Balaban J connectivity index is 2.39. The molecule has 1 amide bonds. The van der Waals surface area contributed by atoms with Gasteiger partial charge in [0.2, 0.25) is 0 Å². The van der Waals surface area contributed by atoms with Gasteiger partial charge in [-0.15, -0.1) is 0 Å². The molecular formula is C14H18BN3O3. The lowest BCUT2D eigenvalue weighted by Crippen LogP contribution is -2.27. The highest BCUT2D eigenvalue weighted by Gasteiger charge is 2.20. The van der Waals surface area contributed by atoms with Crippen LogP contribution in [0.3, 0.4) is 0 Å². The number of hydrogen-bond donors (Lipinski definition) is 1. The molecule has 7 heteroatoms. The average Bonchev–Trinajstić information content (AvgIpc) is 2.68. The van der Waals surface area contributed by atoms with E-state index in [1.165, 1.54) is 0 Å². The summed E-state index contributed by atoms with van der Waals surface area (Å²) >= 11 is 0. The highest BCUT2D eigenvalue weighted by atomic mass is 16.6. The molecule has 0 aliphatic rings. The van der Waals surface area contributed by atoms with Crippen LogP contribution < -0.4 is 10.9 Å². The van der Waals surface area contributed by atoms with E-state index >= 15 is 0 Å². The van der Waals surface area contributed by atoms with E-state index in [1.54, 1.807) is 44.5 Å². The maximum Gasteiger partial charge on any atom is 0.412 e. The van der Waals surface area contributed by atoms with E-state index in [-0.39, 0.29) is 6.61 Å². The number of anilines is 1. The van der Waals surface area contributed by atoms with Gasteiger partial charge < -0.3 is 9.47 Å². The van der Waals surface area contributed by atoms with Crippen molar-refractivity contribution in [3.8, 4) is 0 Å². The zero-order chi connectivity index (χ0) is 15.6. The van der Waals surface area contributed by atoms with Crippen LogP contribution in [0, 0.1) is 0 Å². The van der Waals surface area contributed by atoms with E-state index in [9.17, 15) is 4.79 Å². The quantitative estimate of drug-likeness (QED) is 0.871. The molecule has 2 rings (SSSR count). The Labute approximate surface area is 124 Å². The molecule has 2 aromatic rings. The maximum absolute atomic E-state index is 12.0. The molecule has 21 heavy (non-hydrogen) atoms. The summed E-state index contributed by atoms with van der Waals surface area (Å²) in [5.74, 6) is 0. The van der Waals surface area contributed by atoms with Gasteiger partial charge >= 0.3 is 6.09 Å². The summed E-state index contributed by atoms with van der Waals surface area (Å²) in [6, 6.07) is 5.34. The second-order valence-corrected chi connectivity index (χ2v) is 5.63. The van der Waals surface area contributed by atoms with Crippen LogP contribution in [0.2, 0.25) is 0 Å². The molecule has 0 spiro atoms. The number of fused-ring (bicyclic) bond motifs is 1. The van der Waals surface area contributed by atoms with Gasteiger partial charge in [0.15, 0.2) is 0 Å². The first kappa shape index (κ1) is 15.4. The number of hydrogen-bond acceptors (Lipinski definition) is 4. The van der Waals surface area contributed by atoms with E-state index in [4.69, 9.17) is 17.3 Å². The van der Waals surface area contributed by atoms with Crippen LogP contribution in [0.4, 0.5) is 10.5 Å². The number of carbonyl (C=O) groups excluding carboxylic acids is 1. The van der Waals surface area contributed by atoms with Crippen LogP contribution in [0.1, 0.15) is 26.5 Å². The van der Waals surface area contributed by atoms with Gasteiger partial charge in [0, 0.05) is 7.11 Å². The van der Waals surface area contributed by atoms with Crippen molar-refractivity contribution in [3.63, 3.8) is 0 Å². The summed E-state index contributed by atoms with van der Waals surface area (Å²) < 4.78 is 11.9. The van der Waals surface area contributed by atoms with E-state index in [0.29, 0.717) is 22.5 Å². The van der Waals surface area contributed by atoms with Gasteiger partial charge in [0.25, 0.3) is 0 Å². The topological polar surface area (TPSA) is 64.9 Å². The van der Waals surface area contributed by atoms with Crippen LogP contribution in [0.5, 0.6) is 0 Å². The largest absolute Gasteiger partial charge is 0.444 e. The molecule has 0 fully saturated rings. The Morgan fingerprint density at radius 3 is 2.76 bits per heavy atom. The Bertz CT molecular complexity index is 661. The minimum atomic E-state index is -0.576. The Morgan fingerprint density at radius 2 is 2.14 bits per heavy atom. The first-order chi connectivity index (χ1) is 9.81. The number of aromatic nitrogens is 2. The van der Waals surface area contributed by atoms with Gasteiger partial charge in [-0.3, -0.25) is 5.32 Å². The summed E-state index contributed by atoms with van der Waals surface area (Å²) in [6.07, 6.45) is -0.544. The van der Waals surface area contributed by atoms with Crippen molar-refractivity contribution in [3.05, 3.63) is 23.9 Å². The van der Waals surface area contributed by atoms with Crippen LogP contribution in [0.25, 0.3) is 5.52 Å². The average molecular weight is 287 g/mol. The van der Waals surface area contributed by atoms with Gasteiger partial charge in [-0.25, -0.2) is 9.31 Å². The molecule has 0 saturated heterocycles. The molecular weight excluding hydrogens is 269 g/mol. The van der Waals surface area contributed by atoms with Crippen LogP contribution >= 0.6 is 0 Å². The van der Waals surface area contributed by atoms with Gasteiger partial charge in [0.05, 0.1) is 17.8 Å². The van der Waals surface area contributed by atoms with Crippen molar-refractivity contribution in [2.45, 2.75) is 33.0 Å². The number of methoxy groups -OCH3 is 1. The Kier molecular flexibility index (Phi) is 4.23. The first-order valence-corrected chi connectivity index (χ1v) is 6.57. The molecule has 0 aliphatic carbocycles. The summed E-state index contributed by atoms with van der Waals surface area (Å²) in [5.41, 5.74) is 1.71. The summed E-state index contributed by atoms with van der Waals surface area (Å²) in [4.78, 5) is 12.0. The summed E-state index contributed by atoms with van der Waals surface area (Å²) in [5, 5.41) is 7.07. The molecule has 110 valence electrons. The smallest absolute Gasteiger partial charge is 0.412 e. The van der Waals surface area contributed by atoms with Crippen molar-refractivity contribution in [2.75, 3.05) is 12.4 Å². The standard InChI is InChI=1S/C14H18BN3O3/c1-14(2,3)21-13(19)16-12-9(8-20-4)17-18-10(12)6-5-7-11(18)15/h5-7H,8H2,1-4H3,(H,16,19). The maximum atomic E-state index is 12.0. The predicted molar refractivity (Wildman–Crippen MR) is 81.1 cm³/mol. The van der Waals surface area contributed by atoms with Gasteiger partial charge in [0.1, 0.15) is 19.1 Å². The zero-order valence-electron chi connectivity index (χ0n) is 12.6. The minimum Gasteiger partial charge on any atom is -0.444 e. The van der Waals surface area contributed by atoms with E-state index in [2.05, 4.69) is 10.4 Å². The lowest BCUT2D eigenvalue weighted by atomic mass is 10.0. The Morgan fingerprint density at radius 1 is 1.43 bits per heavy atom. The summed E-state index contributed by atoms with van der Waals surface area (Å²) in [6.45, 7) is 5.66. The molecule has 0 unspecified atom stereocenters. The molecule has 2 heterocycles. The number of carbonyl (C=O) groups is 1. The van der Waals surface area contributed by atoms with Gasteiger partial charge in [-0.05, 0) is 32.4 Å². The molecule has 0 atom stereocenters. The number of pyridine rings is 1. The number of nitrogens with one attached hydrogen (secondary N) is 1. The van der Waals surface area contributed by atoms with Crippen LogP contribution in [-0.2, 0) is 16.1 Å². The molecule has 2 radical (unpaired) electrons. The fourth-order valence-electron chi connectivity index (χ4n) is 1.92. The fraction of sp³-hybridized carbons (Fsp3) is 0.429. The zero-order valence-corrected chi connectivity index (χ0v) is 12.6. The fourth-order valence-corrected chi connectivity index (χ4v) is 1.92. The normalized spacial score (nSPS) is 11.6. The van der Waals surface area contributed by atoms with E-state index in [1.807, 2.05) is 6.07 Å². The van der Waals surface area contributed by atoms with Crippen molar-refractivity contribution < 1.29 is 14.3 Å². The first-order valence-electron chi connectivity index (χ1n) is 6.57. The van der Waals surface area contributed by atoms with E-state index < -0.39 is 11.7 Å². The van der Waals surface area contributed by atoms with Crippen molar-refractivity contribution in [2.24, 2.45) is 0 Å². The Hall–Kier alpha value is -2.02. The van der Waals surface area contributed by atoms with Crippen LogP contribution in [0.15, 0.2) is 18.2 Å². The third-order valence-corrected chi connectivity index (χ3v) is 2.67. The van der Waals surface area contributed by atoms with E-state index in [0.717, 1.165) is 0 Å². The van der Waals surface area contributed by atoms with Gasteiger partial charge in [-0.1, -0.05) is 12.1 Å². The SMILES string of the molecule is [B]c1cccc2c(NC(=O)OC(C)(C)C)c(COC)nn12. The lowest BCUT2D eigenvalue weighted by Gasteiger charge is -2.19. The number of nitrogens with zero attached hydrogens (tertiary/aromatic N) is 2. The number of rotatable bonds is 3.